The van der Waals surface area contributed by atoms with Crippen LogP contribution in [0.3, 0.4) is 0 Å². The first-order chi connectivity index (χ1) is 16.6. The molecule has 0 unspecified atom stereocenters. The van der Waals surface area contributed by atoms with Crippen LogP contribution in [0.1, 0.15) is 36.7 Å². The Morgan fingerprint density at radius 3 is 2.34 bits per heavy atom. The van der Waals surface area contributed by atoms with E-state index >= 15 is 0 Å². The van der Waals surface area contributed by atoms with Crippen molar-refractivity contribution >= 4 is 34.2 Å². The van der Waals surface area contributed by atoms with Gasteiger partial charge in [-0.1, -0.05) is 56.3 Å². The minimum atomic E-state index is -1.14. The number of hydrogen-bond acceptors (Lipinski definition) is 5. The quantitative estimate of drug-likeness (QED) is 0.353. The van der Waals surface area contributed by atoms with Gasteiger partial charge in [-0.3, -0.25) is 9.59 Å². The molecule has 0 aliphatic carbocycles. The molecule has 0 aliphatic rings. The highest BCUT2D eigenvalue weighted by Crippen LogP contribution is 2.27. The topological polar surface area (TPSA) is 131 Å². The number of carboxylic acid groups (broad SMARTS) is 1. The maximum atomic E-state index is 13.0. The molecule has 8 heteroatoms. The highest BCUT2D eigenvalue weighted by Gasteiger charge is 2.22. The Morgan fingerprint density at radius 2 is 1.69 bits per heavy atom. The SMILES string of the molecule is CC(C)COc1cc(C(=O)N[C@@H](Cc2ccc3ccccc3c2)C(=O)O)ccc1NC(=O)[C@H](C)N. The molecule has 184 valence electrons. The summed E-state index contributed by atoms with van der Waals surface area (Å²) in [5, 5.41) is 17.1. The molecule has 0 saturated heterocycles. The molecule has 5 N–H and O–H groups in total. The van der Waals surface area contributed by atoms with E-state index in [1.54, 1.807) is 13.0 Å². The van der Waals surface area contributed by atoms with E-state index in [4.69, 9.17) is 10.5 Å². The van der Waals surface area contributed by atoms with E-state index < -0.39 is 29.9 Å². The van der Waals surface area contributed by atoms with Crippen molar-refractivity contribution in [2.75, 3.05) is 11.9 Å². The monoisotopic (exact) mass is 477 g/mol. The molecular weight excluding hydrogens is 446 g/mol. The second-order valence-corrected chi connectivity index (χ2v) is 8.94. The van der Waals surface area contributed by atoms with Crippen molar-refractivity contribution in [1.82, 2.24) is 5.32 Å². The predicted molar refractivity (Wildman–Crippen MR) is 136 cm³/mol. The second-order valence-electron chi connectivity index (χ2n) is 8.94. The summed E-state index contributed by atoms with van der Waals surface area (Å²) in [7, 11) is 0. The van der Waals surface area contributed by atoms with Gasteiger partial charge in [0.1, 0.15) is 11.8 Å². The minimum absolute atomic E-state index is 0.130. The van der Waals surface area contributed by atoms with Gasteiger partial charge in [0.25, 0.3) is 5.91 Å². The van der Waals surface area contributed by atoms with Crippen LogP contribution in [-0.2, 0) is 16.0 Å². The lowest BCUT2D eigenvalue weighted by molar-refractivity contribution is -0.139. The molecule has 0 aliphatic heterocycles. The van der Waals surface area contributed by atoms with Crippen LogP contribution < -0.4 is 21.1 Å². The van der Waals surface area contributed by atoms with Gasteiger partial charge in [0.2, 0.25) is 5.91 Å². The smallest absolute Gasteiger partial charge is 0.326 e. The Labute approximate surface area is 204 Å². The minimum Gasteiger partial charge on any atom is -0.491 e. The fraction of sp³-hybridized carbons (Fsp3) is 0.296. The Hall–Kier alpha value is -3.91. The lowest BCUT2D eigenvalue weighted by atomic mass is 10.0. The van der Waals surface area contributed by atoms with Gasteiger partial charge in [0.15, 0.2) is 0 Å². The average Bonchev–Trinajstić information content (AvgIpc) is 2.82. The number of benzene rings is 3. The Kier molecular flexibility index (Phi) is 8.43. The van der Waals surface area contributed by atoms with E-state index in [0.29, 0.717) is 18.0 Å². The predicted octanol–water partition coefficient (Wildman–Crippen LogP) is 3.59. The molecule has 0 radical (unpaired) electrons. The van der Waals surface area contributed by atoms with Crippen molar-refractivity contribution in [3.63, 3.8) is 0 Å². The normalized spacial score (nSPS) is 12.7. The number of carbonyl (C=O) groups is 3. The fourth-order valence-corrected chi connectivity index (χ4v) is 3.43. The Bertz CT molecular complexity index is 1220. The van der Waals surface area contributed by atoms with Crippen LogP contribution in [0.25, 0.3) is 10.8 Å². The summed E-state index contributed by atoms with van der Waals surface area (Å²) in [6.45, 7) is 5.88. The highest BCUT2D eigenvalue weighted by atomic mass is 16.5. The average molecular weight is 478 g/mol. The van der Waals surface area contributed by atoms with Crippen LogP contribution in [0.5, 0.6) is 5.75 Å². The van der Waals surface area contributed by atoms with E-state index in [2.05, 4.69) is 10.6 Å². The zero-order chi connectivity index (χ0) is 25.5. The van der Waals surface area contributed by atoms with E-state index in [1.807, 2.05) is 56.3 Å². The van der Waals surface area contributed by atoms with Crippen LogP contribution >= 0.6 is 0 Å². The van der Waals surface area contributed by atoms with Crippen molar-refractivity contribution in [2.45, 2.75) is 39.3 Å². The molecule has 0 bridgehead atoms. The first kappa shape index (κ1) is 25.7. The van der Waals surface area contributed by atoms with Gasteiger partial charge in [-0.25, -0.2) is 4.79 Å². The van der Waals surface area contributed by atoms with E-state index in [-0.39, 0.29) is 17.9 Å². The van der Waals surface area contributed by atoms with Gasteiger partial charge in [-0.2, -0.15) is 0 Å². The maximum absolute atomic E-state index is 13.0. The van der Waals surface area contributed by atoms with Crippen molar-refractivity contribution in [2.24, 2.45) is 11.7 Å². The first-order valence-electron chi connectivity index (χ1n) is 11.5. The third kappa shape index (κ3) is 7.04. The van der Waals surface area contributed by atoms with Crippen molar-refractivity contribution in [1.29, 1.82) is 0 Å². The van der Waals surface area contributed by atoms with E-state index in [0.717, 1.165) is 16.3 Å². The number of ether oxygens (including phenoxy) is 1. The lowest BCUT2D eigenvalue weighted by Gasteiger charge is -2.18. The molecule has 8 nitrogen and oxygen atoms in total. The number of aliphatic carboxylic acids is 1. The van der Waals surface area contributed by atoms with Crippen LogP contribution in [-0.4, -0.2) is 41.6 Å². The van der Waals surface area contributed by atoms with E-state index in [1.165, 1.54) is 12.1 Å². The summed E-state index contributed by atoms with van der Waals surface area (Å²) in [6.07, 6.45) is 0.130. The van der Waals surface area contributed by atoms with Gasteiger partial charge in [-0.15, -0.1) is 0 Å². The zero-order valence-electron chi connectivity index (χ0n) is 20.1. The van der Waals surface area contributed by atoms with Crippen LogP contribution in [0, 0.1) is 5.92 Å². The number of nitrogens with two attached hydrogens (primary N) is 1. The Morgan fingerprint density at radius 1 is 0.971 bits per heavy atom. The largest absolute Gasteiger partial charge is 0.491 e. The number of amides is 2. The Balaban J connectivity index is 1.79. The zero-order valence-corrected chi connectivity index (χ0v) is 20.1. The second kappa shape index (κ2) is 11.5. The molecule has 2 amide bonds. The van der Waals surface area contributed by atoms with Gasteiger partial charge in [0.05, 0.1) is 18.3 Å². The molecule has 0 spiro atoms. The number of rotatable bonds is 10. The molecule has 3 aromatic carbocycles. The summed E-state index contributed by atoms with van der Waals surface area (Å²) in [6, 6.07) is 16.2. The molecule has 2 atom stereocenters. The van der Waals surface area contributed by atoms with Crippen molar-refractivity contribution < 1.29 is 24.2 Å². The van der Waals surface area contributed by atoms with Gasteiger partial charge < -0.3 is 26.2 Å². The number of carbonyl (C=O) groups excluding carboxylic acids is 2. The summed E-state index contributed by atoms with van der Waals surface area (Å²) in [5.41, 5.74) is 7.04. The van der Waals surface area contributed by atoms with E-state index in [9.17, 15) is 19.5 Å². The van der Waals surface area contributed by atoms with Crippen LogP contribution in [0.15, 0.2) is 60.7 Å². The molecule has 0 heterocycles. The molecular formula is C27H31N3O5. The van der Waals surface area contributed by atoms with Crippen LogP contribution in [0.2, 0.25) is 0 Å². The summed E-state index contributed by atoms with van der Waals surface area (Å²) in [5.74, 6) is -1.57. The number of carboxylic acids is 1. The van der Waals surface area contributed by atoms with Gasteiger partial charge >= 0.3 is 5.97 Å². The summed E-state index contributed by atoms with van der Waals surface area (Å²) < 4.78 is 5.81. The number of fused-ring (bicyclic) bond motifs is 1. The van der Waals surface area contributed by atoms with Crippen LogP contribution in [0.4, 0.5) is 5.69 Å². The molecule has 3 aromatic rings. The number of hydrogen-bond donors (Lipinski definition) is 4. The molecule has 3 rings (SSSR count). The third-order valence-electron chi connectivity index (χ3n) is 5.34. The lowest BCUT2D eigenvalue weighted by Crippen LogP contribution is -2.42. The fourth-order valence-electron chi connectivity index (χ4n) is 3.43. The first-order valence-corrected chi connectivity index (χ1v) is 11.5. The van der Waals surface area contributed by atoms with Crippen molar-refractivity contribution in [3.05, 3.63) is 71.8 Å². The number of nitrogens with one attached hydrogen (secondary N) is 2. The molecule has 35 heavy (non-hydrogen) atoms. The summed E-state index contributed by atoms with van der Waals surface area (Å²) >= 11 is 0. The maximum Gasteiger partial charge on any atom is 0.326 e. The third-order valence-corrected chi connectivity index (χ3v) is 5.34. The van der Waals surface area contributed by atoms with Gasteiger partial charge in [-0.05, 0) is 47.4 Å². The summed E-state index contributed by atoms with van der Waals surface area (Å²) in [4.78, 5) is 36.9. The molecule has 0 saturated carbocycles. The standard InChI is InChI=1S/C27H31N3O5/c1-16(2)15-35-24-14-21(10-11-22(24)29-25(31)17(3)28)26(32)30-23(27(33)34)13-18-8-9-19-6-4-5-7-20(19)12-18/h4-12,14,16-17,23H,13,15,28H2,1-3H3,(H,29,31)(H,30,32)(H,33,34)/t17-,23-/m0/s1. The number of anilines is 1. The van der Waals surface area contributed by atoms with Crippen molar-refractivity contribution in [3.8, 4) is 5.75 Å². The highest BCUT2D eigenvalue weighted by molar-refractivity contribution is 5.99. The molecule has 0 fully saturated rings. The molecule has 0 aromatic heterocycles. The van der Waals surface area contributed by atoms with Gasteiger partial charge in [0, 0.05) is 12.0 Å².